The third kappa shape index (κ3) is 4.12. The Labute approximate surface area is 199 Å². The van der Waals surface area contributed by atoms with Crippen LogP contribution in [-0.4, -0.2) is 71.4 Å². The van der Waals surface area contributed by atoms with Crippen LogP contribution in [0.4, 0.5) is 10.5 Å². The molecule has 5 rings (SSSR count). The molecule has 5 amide bonds. The lowest BCUT2D eigenvalue weighted by Gasteiger charge is -2.37. The largest absolute Gasteiger partial charge is 0.476 e. The van der Waals surface area contributed by atoms with Gasteiger partial charge in [-0.05, 0) is 50.7 Å². The van der Waals surface area contributed by atoms with Crippen molar-refractivity contribution in [2.45, 2.75) is 69.4 Å². The van der Waals surface area contributed by atoms with Crippen LogP contribution >= 0.6 is 0 Å². The van der Waals surface area contributed by atoms with Crippen LogP contribution in [-0.2, 0) is 14.4 Å². The first-order valence-corrected chi connectivity index (χ1v) is 12.5. The monoisotopic (exact) mass is 468 g/mol. The smallest absolute Gasteiger partial charge is 0.325 e. The summed E-state index contributed by atoms with van der Waals surface area (Å²) in [6.45, 7) is 1.82. The van der Waals surface area contributed by atoms with E-state index in [9.17, 15) is 19.2 Å². The van der Waals surface area contributed by atoms with E-state index in [1.807, 2.05) is 23.1 Å². The van der Waals surface area contributed by atoms with E-state index < -0.39 is 11.6 Å². The number of hydrogen-bond donors (Lipinski definition) is 1. The standard InChI is InChI=1S/C25H32N4O5/c30-21(11-8-16-28-23(32)25(26-24(28)33)12-4-5-13-25)29-17-20(22(31)27-14-6-1-7-15-27)34-19-10-3-2-9-18(19)29/h2-3,9-10,20H,1,4-8,11-17H2,(H,26,33)/t20-/m0/s1. The van der Waals surface area contributed by atoms with Gasteiger partial charge in [0.05, 0.1) is 12.2 Å². The van der Waals surface area contributed by atoms with Crippen molar-refractivity contribution in [1.29, 1.82) is 0 Å². The van der Waals surface area contributed by atoms with Gasteiger partial charge < -0.3 is 19.9 Å². The number of carbonyl (C=O) groups is 4. The molecule has 9 nitrogen and oxygen atoms in total. The van der Waals surface area contributed by atoms with Gasteiger partial charge >= 0.3 is 6.03 Å². The van der Waals surface area contributed by atoms with Crippen LogP contribution in [0, 0.1) is 0 Å². The molecule has 2 saturated heterocycles. The van der Waals surface area contributed by atoms with E-state index in [0.29, 0.717) is 30.7 Å². The van der Waals surface area contributed by atoms with Crippen LogP contribution in [0.3, 0.4) is 0 Å². The number of piperidine rings is 1. The van der Waals surface area contributed by atoms with Crippen molar-refractivity contribution in [3.05, 3.63) is 24.3 Å². The number of imide groups is 1. The number of likely N-dealkylation sites (tertiary alicyclic amines) is 1. The van der Waals surface area contributed by atoms with Gasteiger partial charge in [-0.25, -0.2) is 4.79 Å². The lowest BCUT2D eigenvalue weighted by molar-refractivity contribution is -0.139. The molecule has 3 heterocycles. The Bertz CT molecular complexity index is 983. The molecule has 3 fully saturated rings. The minimum atomic E-state index is -0.731. The van der Waals surface area contributed by atoms with E-state index in [1.165, 1.54) is 4.90 Å². The minimum absolute atomic E-state index is 0.0757. The Morgan fingerprint density at radius 3 is 2.53 bits per heavy atom. The summed E-state index contributed by atoms with van der Waals surface area (Å²) in [4.78, 5) is 56.3. The molecule has 0 unspecified atom stereocenters. The third-order valence-corrected chi connectivity index (χ3v) is 7.49. The van der Waals surface area contributed by atoms with Gasteiger partial charge in [0.1, 0.15) is 11.3 Å². The number of fused-ring (bicyclic) bond motifs is 1. The summed E-state index contributed by atoms with van der Waals surface area (Å²) in [7, 11) is 0. The van der Waals surface area contributed by atoms with Crippen LogP contribution in [0.25, 0.3) is 0 Å². The molecular formula is C25H32N4O5. The molecule has 1 atom stereocenters. The SMILES string of the molecule is O=C([C@@H]1CN(C(=O)CCCN2C(=O)NC3(CCCC3)C2=O)c2ccccc2O1)N1CCCCC1. The maximum absolute atomic E-state index is 13.2. The predicted octanol–water partition coefficient (Wildman–Crippen LogP) is 2.44. The number of amides is 5. The molecule has 4 aliphatic rings. The molecule has 0 radical (unpaired) electrons. The van der Waals surface area contributed by atoms with E-state index in [1.54, 1.807) is 11.0 Å². The average molecular weight is 469 g/mol. The summed E-state index contributed by atoms with van der Waals surface area (Å²) >= 11 is 0. The van der Waals surface area contributed by atoms with Crippen molar-refractivity contribution < 1.29 is 23.9 Å². The van der Waals surface area contributed by atoms with Crippen molar-refractivity contribution in [1.82, 2.24) is 15.1 Å². The Balaban J connectivity index is 1.23. The van der Waals surface area contributed by atoms with Gasteiger partial charge in [-0.3, -0.25) is 19.3 Å². The zero-order valence-electron chi connectivity index (χ0n) is 19.5. The molecule has 34 heavy (non-hydrogen) atoms. The van der Waals surface area contributed by atoms with Crippen LogP contribution < -0.4 is 15.0 Å². The lowest BCUT2D eigenvalue weighted by atomic mass is 9.98. The molecule has 1 aromatic rings. The van der Waals surface area contributed by atoms with Crippen LogP contribution in [0.15, 0.2) is 24.3 Å². The van der Waals surface area contributed by atoms with Gasteiger partial charge in [0.25, 0.3) is 11.8 Å². The van der Waals surface area contributed by atoms with Crippen LogP contribution in [0.5, 0.6) is 5.75 Å². The van der Waals surface area contributed by atoms with E-state index >= 15 is 0 Å². The Morgan fingerprint density at radius 2 is 1.76 bits per heavy atom. The van der Waals surface area contributed by atoms with Gasteiger partial charge in [-0.15, -0.1) is 0 Å². The topological polar surface area (TPSA) is 99.3 Å². The average Bonchev–Trinajstić information content (AvgIpc) is 3.43. The molecule has 3 aliphatic heterocycles. The Morgan fingerprint density at radius 1 is 1.03 bits per heavy atom. The van der Waals surface area contributed by atoms with Crippen molar-refractivity contribution in [3.8, 4) is 5.75 Å². The number of ether oxygens (including phenoxy) is 1. The first kappa shape index (κ1) is 22.7. The molecule has 9 heteroatoms. The van der Waals surface area contributed by atoms with Gasteiger partial charge in [0, 0.05) is 26.1 Å². The molecule has 0 aromatic heterocycles. The normalized spacial score (nSPS) is 23.6. The highest BCUT2D eigenvalue weighted by Gasteiger charge is 2.52. The zero-order chi connectivity index (χ0) is 23.7. The molecular weight excluding hydrogens is 436 g/mol. The van der Waals surface area contributed by atoms with Crippen LogP contribution in [0.1, 0.15) is 57.8 Å². The predicted molar refractivity (Wildman–Crippen MR) is 124 cm³/mol. The van der Waals surface area contributed by atoms with Crippen LogP contribution in [0.2, 0.25) is 0 Å². The number of benzene rings is 1. The molecule has 1 saturated carbocycles. The van der Waals surface area contributed by atoms with Gasteiger partial charge in [-0.1, -0.05) is 25.0 Å². The fourth-order valence-corrected chi connectivity index (χ4v) is 5.64. The Hall–Kier alpha value is -3.10. The molecule has 1 N–H and O–H groups in total. The molecule has 1 aromatic carbocycles. The summed E-state index contributed by atoms with van der Waals surface area (Å²) in [6, 6.07) is 6.90. The second kappa shape index (κ2) is 9.27. The molecule has 1 spiro atoms. The number of rotatable bonds is 5. The first-order valence-electron chi connectivity index (χ1n) is 12.5. The fraction of sp³-hybridized carbons (Fsp3) is 0.600. The van der Waals surface area contributed by atoms with E-state index in [-0.39, 0.29) is 43.3 Å². The maximum atomic E-state index is 13.2. The van der Waals surface area contributed by atoms with Crippen molar-refractivity contribution in [2.75, 3.05) is 31.1 Å². The summed E-state index contributed by atoms with van der Waals surface area (Å²) in [5, 5.41) is 2.88. The fourth-order valence-electron chi connectivity index (χ4n) is 5.64. The number of nitrogens with zero attached hydrogens (tertiary/aromatic N) is 3. The second-order valence-corrected chi connectivity index (χ2v) is 9.74. The summed E-state index contributed by atoms with van der Waals surface area (Å²) in [6.07, 6.45) is 6.16. The maximum Gasteiger partial charge on any atom is 0.325 e. The minimum Gasteiger partial charge on any atom is -0.476 e. The summed E-state index contributed by atoms with van der Waals surface area (Å²) in [5.74, 6) is 0.143. The van der Waals surface area contributed by atoms with E-state index in [4.69, 9.17) is 4.74 Å². The van der Waals surface area contributed by atoms with Gasteiger partial charge in [0.2, 0.25) is 5.91 Å². The number of nitrogens with one attached hydrogen (secondary N) is 1. The summed E-state index contributed by atoms with van der Waals surface area (Å²) in [5.41, 5.74) is -0.0816. The molecule has 0 bridgehead atoms. The van der Waals surface area contributed by atoms with E-state index in [0.717, 1.165) is 45.2 Å². The number of carbonyl (C=O) groups excluding carboxylic acids is 4. The quantitative estimate of drug-likeness (QED) is 0.670. The molecule has 1 aliphatic carbocycles. The summed E-state index contributed by atoms with van der Waals surface area (Å²) < 4.78 is 6.00. The number of anilines is 1. The Kier molecular flexibility index (Phi) is 6.18. The molecule has 182 valence electrons. The number of para-hydroxylation sites is 2. The van der Waals surface area contributed by atoms with Gasteiger partial charge in [0.15, 0.2) is 6.10 Å². The van der Waals surface area contributed by atoms with Gasteiger partial charge in [-0.2, -0.15) is 0 Å². The highest BCUT2D eigenvalue weighted by atomic mass is 16.5. The highest BCUT2D eigenvalue weighted by Crippen LogP contribution is 2.36. The van der Waals surface area contributed by atoms with Crippen molar-refractivity contribution in [2.24, 2.45) is 0 Å². The van der Waals surface area contributed by atoms with Crippen molar-refractivity contribution in [3.63, 3.8) is 0 Å². The van der Waals surface area contributed by atoms with E-state index in [2.05, 4.69) is 5.32 Å². The highest BCUT2D eigenvalue weighted by molar-refractivity contribution is 6.07. The second-order valence-electron chi connectivity index (χ2n) is 9.74. The lowest BCUT2D eigenvalue weighted by Crippen LogP contribution is -2.52. The number of hydrogen-bond acceptors (Lipinski definition) is 5. The number of urea groups is 1. The first-order chi connectivity index (χ1) is 16.5. The third-order valence-electron chi connectivity index (χ3n) is 7.49. The van der Waals surface area contributed by atoms with Crippen molar-refractivity contribution >= 4 is 29.4 Å². The zero-order valence-corrected chi connectivity index (χ0v) is 19.5.